The number of hydrogen-bond donors (Lipinski definition) is 1. The van der Waals surface area contributed by atoms with Gasteiger partial charge in [0.2, 0.25) is 0 Å². The molecule has 0 aliphatic rings. The minimum absolute atomic E-state index is 0.0662. The predicted molar refractivity (Wildman–Crippen MR) is 157 cm³/mol. The van der Waals surface area contributed by atoms with Crippen LogP contribution in [0.15, 0.2) is 83.8 Å². The molecule has 0 radical (unpaired) electrons. The fourth-order valence-corrected chi connectivity index (χ4v) is 5.58. The van der Waals surface area contributed by atoms with Crippen molar-refractivity contribution in [1.82, 2.24) is 14.5 Å². The van der Waals surface area contributed by atoms with Crippen LogP contribution in [0.4, 0.5) is 0 Å². The Kier molecular flexibility index (Phi) is 7.79. The van der Waals surface area contributed by atoms with Gasteiger partial charge in [-0.2, -0.15) is 5.10 Å². The van der Waals surface area contributed by atoms with Crippen molar-refractivity contribution >= 4 is 61.6 Å². The maximum atomic E-state index is 13.1. The van der Waals surface area contributed by atoms with E-state index in [1.54, 1.807) is 22.9 Å². The molecule has 1 heterocycles. The molecule has 4 aromatic carbocycles. The summed E-state index contributed by atoms with van der Waals surface area (Å²) >= 11 is 18.3. The number of fused-ring (bicyclic) bond motifs is 1. The molecule has 0 unspecified atom stereocenters. The number of nitrogens with zero attached hydrogens (tertiary/aromatic N) is 2. The van der Waals surface area contributed by atoms with Crippen LogP contribution >= 0.6 is 34.8 Å². The Morgan fingerprint density at radius 3 is 2.12 bits per heavy atom. The average Bonchev–Trinajstić information content (AvgIpc) is 3.25. The SMILES string of the molecule is Cc1cc(Oc2ccc(Cn3nc(C(=O)NS(=O)(=O)c4ccc(Cl)cc4)c4cc(Cl)ccc43)cc2)cc(C)c1Cl. The monoisotopic (exact) mass is 613 g/mol. The number of nitrogens with one attached hydrogen (secondary N) is 1. The predicted octanol–water partition coefficient (Wildman–Crippen LogP) is 7.57. The van der Waals surface area contributed by atoms with Crippen LogP contribution in [0.2, 0.25) is 15.1 Å². The molecule has 0 saturated carbocycles. The number of aromatic nitrogens is 2. The highest BCUT2D eigenvalue weighted by molar-refractivity contribution is 7.90. The number of amides is 1. The molecular weight excluding hydrogens is 593 g/mol. The lowest BCUT2D eigenvalue weighted by atomic mass is 10.1. The van der Waals surface area contributed by atoms with Crippen LogP contribution in [-0.4, -0.2) is 24.1 Å². The zero-order valence-electron chi connectivity index (χ0n) is 21.3. The first kappa shape index (κ1) is 28.0. The van der Waals surface area contributed by atoms with E-state index < -0.39 is 15.9 Å². The zero-order chi connectivity index (χ0) is 28.6. The number of carbonyl (C=O) groups is 1. The Morgan fingerprint density at radius 2 is 1.48 bits per heavy atom. The summed E-state index contributed by atoms with van der Waals surface area (Å²) in [6, 6.07) is 21.7. The van der Waals surface area contributed by atoms with Crippen LogP contribution in [0.5, 0.6) is 11.5 Å². The largest absolute Gasteiger partial charge is 0.457 e. The van der Waals surface area contributed by atoms with Gasteiger partial charge < -0.3 is 4.74 Å². The van der Waals surface area contributed by atoms with Crippen molar-refractivity contribution in [3.8, 4) is 11.5 Å². The molecule has 0 aliphatic carbocycles. The Morgan fingerprint density at radius 1 is 0.850 bits per heavy atom. The van der Waals surface area contributed by atoms with Crippen molar-refractivity contribution < 1.29 is 17.9 Å². The number of sulfonamides is 1. The minimum Gasteiger partial charge on any atom is -0.457 e. The summed E-state index contributed by atoms with van der Waals surface area (Å²) in [5.74, 6) is 0.457. The molecule has 7 nitrogen and oxygen atoms in total. The van der Waals surface area contributed by atoms with Crippen molar-refractivity contribution in [1.29, 1.82) is 0 Å². The highest BCUT2D eigenvalue weighted by Gasteiger charge is 2.24. The fourth-order valence-electron chi connectivity index (χ4n) is 4.22. The zero-order valence-corrected chi connectivity index (χ0v) is 24.4. The molecule has 1 N–H and O–H groups in total. The van der Waals surface area contributed by atoms with E-state index in [-0.39, 0.29) is 10.6 Å². The number of halogens is 3. The third-order valence-corrected chi connectivity index (χ3v) is 8.61. The standard InChI is InChI=1S/C29H22Cl3N3O4S/c1-17-13-23(14-18(2)27(17)32)39-22-8-3-19(4-9-22)16-35-26-12-7-21(31)15-25(26)28(33-35)29(36)34-40(37,38)24-10-5-20(30)6-11-24/h3-15H,16H2,1-2H3,(H,34,36). The van der Waals surface area contributed by atoms with E-state index in [0.717, 1.165) is 16.7 Å². The molecule has 0 bridgehead atoms. The molecule has 204 valence electrons. The van der Waals surface area contributed by atoms with Gasteiger partial charge in [0.1, 0.15) is 11.5 Å². The lowest BCUT2D eigenvalue weighted by Crippen LogP contribution is -2.31. The van der Waals surface area contributed by atoms with Crippen molar-refractivity contribution in [2.24, 2.45) is 0 Å². The fraction of sp³-hybridized carbons (Fsp3) is 0.103. The Balaban J connectivity index is 1.39. The number of ether oxygens (including phenoxy) is 1. The van der Waals surface area contributed by atoms with E-state index in [0.29, 0.717) is 44.0 Å². The van der Waals surface area contributed by atoms with Gasteiger partial charge in [-0.25, -0.2) is 13.1 Å². The van der Waals surface area contributed by atoms with Gasteiger partial charge in [0.25, 0.3) is 15.9 Å². The van der Waals surface area contributed by atoms with E-state index in [2.05, 4.69) is 9.82 Å². The molecule has 0 fully saturated rings. The van der Waals surface area contributed by atoms with Gasteiger partial charge >= 0.3 is 0 Å². The van der Waals surface area contributed by atoms with E-state index in [9.17, 15) is 13.2 Å². The normalized spacial score (nSPS) is 11.5. The summed E-state index contributed by atoms with van der Waals surface area (Å²) in [5, 5.41) is 6.35. The number of benzene rings is 4. The third kappa shape index (κ3) is 5.95. The van der Waals surface area contributed by atoms with E-state index >= 15 is 0 Å². The van der Waals surface area contributed by atoms with Gasteiger partial charge in [-0.05, 0) is 97.3 Å². The van der Waals surface area contributed by atoms with Crippen molar-refractivity contribution in [2.75, 3.05) is 0 Å². The van der Waals surface area contributed by atoms with Crippen LogP contribution in [0, 0.1) is 13.8 Å². The number of aryl methyl sites for hydroxylation is 2. The second-order valence-electron chi connectivity index (χ2n) is 9.17. The van der Waals surface area contributed by atoms with E-state index in [4.69, 9.17) is 39.5 Å². The molecule has 0 saturated heterocycles. The quantitative estimate of drug-likeness (QED) is 0.204. The number of hydrogen-bond acceptors (Lipinski definition) is 5. The lowest BCUT2D eigenvalue weighted by Gasteiger charge is -2.10. The van der Waals surface area contributed by atoms with Gasteiger partial charge in [0, 0.05) is 20.5 Å². The second-order valence-corrected chi connectivity index (χ2v) is 12.1. The van der Waals surface area contributed by atoms with E-state index in [1.165, 1.54) is 24.3 Å². The molecule has 1 aromatic heterocycles. The molecule has 0 aliphatic heterocycles. The van der Waals surface area contributed by atoms with Crippen molar-refractivity contribution in [3.05, 3.63) is 116 Å². The van der Waals surface area contributed by atoms with E-state index in [1.807, 2.05) is 50.2 Å². The third-order valence-electron chi connectivity index (χ3n) is 6.18. The van der Waals surface area contributed by atoms with Crippen LogP contribution in [0.3, 0.4) is 0 Å². The topological polar surface area (TPSA) is 90.3 Å². The van der Waals surface area contributed by atoms with Crippen molar-refractivity contribution in [3.63, 3.8) is 0 Å². The molecule has 5 aromatic rings. The first-order valence-corrected chi connectivity index (χ1v) is 14.6. The molecular formula is C29H22Cl3N3O4S. The minimum atomic E-state index is -4.15. The average molecular weight is 615 g/mol. The van der Waals surface area contributed by atoms with Crippen molar-refractivity contribution in [2.45, 2.75) is 25.3 Å². The smallest absolute Gasteiger partial charge is 0.286 e. The van der Waals surface area contributed by atoms with Gasteiger partial charge in [-0.1, -0.05) is 46.9 Å². The maximum absolute atomic E-state index is 13.1. The molecule has 0 atom stereocenters. The first-order chi connectivity index (χ1) is 19.0. The molecule has 1 amide bonds. The van der Waals surface area contributed by atoms with Crippen LogP contribution in [0.1, 0.15) is 27.2 Å². The summed E-state index contributed by atoms with van der Waals surface area (Å²) in [5.41, 5.74) is 3.30. The Hall–Kier alpha value is -3.56. The van der Waals surface area contributed by atoms with Gasteiger partial charge in [-0.3, -0.25) is 9.48 Å². The van der Waals surface area contributed by atoms with Crippen LogP contribution in [0.25, 0.3) is 10.9 Å². The van der Waals surface area contributed by atoms with Gasteiger partial charge in [0.15, 0.2) is 5.69 Å². The summed E-state index contributed by atoms with van der Waals surface area (Å²) in [6.07, 6.45) is 0. The summed E-state index contributed by atoms with van der Waals surface area (Å²) in [4.78, 5) is 13.0. The highest BCUT2D eigenvalue weighted by Crippen LogP contribution is 2.30. The lowest BCUT2D eigenvalue weighted by molar-refractivity contribution is 0.0977. The first-order valence-electron chi connectivity index (χ1n) is 12.0. The summed E-state index contributed by atoms with van der Waals surface area (Å²) < 4.78 is 35.3. The van der Waals surface area contributed by atoms with Gasteiger partial charge in [-0.15, -0.1) is 0 Å². The Bertz CT molecular complexity index is 1830. The highest BCUT2D eigenvalue weighted by atomic mass is 35.5. The Labute approximate surface area is 246 Å². The number of rotatable bonds is 7. The molecule has 5 rings (SSSR count). The molecule has 40 heavy (non-hydrogen) atoms. The summed E-state index contributed by atoms with van der Waals surface area (Å²) in [7, 11) is -4.15. The van der Waals surface area contributed by atoms with Gasteiger partial charge in [0.05, 0.1) is 17.0 Å². The summed E-state index contributed by atoms with van der Waals surface area (Å²) in [6.45, 7) is 4.16. The molecule has 0 spiro atoms. The molecule has 11 heteroatoms. The van der Waals surface area contributed by atoms with Crippen LogP contribution in [-0.2, 0) is 16.6 Å². The number of carbonyl (C=O) groups excluding carboxylic acids is 1. The maximum Gasteiger partial charge on any atom is 0.286 e. The second kappa shape index (κ2) is 11.1. The van der Waals surface area contributed by atoms with Crippen LogP contribution < -0.4 is 9.46 Å².